The van der Waals surface area contributed by atoms with Crippen LogP contribution in [0.25, 0.3) is 0 Å². The minimum Gasteiger partial charge on any atom is -0.545 e. The average molecular weight is 352 g/mol. The summed E-state index contributed by atoms with van der Waals surface area (Å²) in [5.74, 6) is -1.60. The molecular formula is C11H5Cl2O5S2-. The number of carboxylic acids is 1. The maximum atomic E-state index is 11.9. The van der Waals surface area contributed by atoms with Crippen molar-refractivity contribution in [3.63, 3.8) is 0 Å². The Balaban J connectivity index is 2.32. The van der Waals surface area contributed by atoms with Crippen LogP contribution in [0.3, 0.4) is 0 Å². The summed E-state index contributed by atoms with van der Waals surface area (Å²) in [6, 6.07) is 6.03. The number of carbonyl (C=O) groups is 1. The summed E-state index contributed by atoms with van der Waals surface area (Å²) in [7, 11) is -4.06. The first-order valence-electron chi connectivity index (χ1n) is 5.00. The van der Waals surface area contributed by atoms with Crippen LogP contribution in [0.15, 0.2) is 34.5 Å². The normalized spacial score (nSPS) is 11.3. The van der Waals surface area contributed by atoms with Crippen LogP contribution in [0.1, 0.15) is 10.4 Å². The zero-order valence-electron chi connectivity index (χ0n) is 9.50. The number of carbonyl (C=O) groups excluding carboxylic acids is 1. The number of thiophene rings is 1. The molecule has 0 fully saturated rings. The monoisotopic (exact) mass is 351 g/mol. The SMILES string of the molecule is O=C([O-])c1ccc(OS(=O)(=O)c2ccc(Cl)s2)c(Cl)c1. The van der Waals surface area contributed by atoms with Gasteiger partial charge in [0.05, 0.1) is 15.3 Å². The Morgan fingerprint density at radius 3 is 2.40 bits per heavy atom. The van der Waals surface area contributed by atoms with Crippen LogP contribution < -0.4 is 9.29 Å². The second kappa shape index (κ2) is 5.61. The van der Waals surface area contributed by atoms with E-state index in [-0.39, 0.29) is 20.5 Å². The van der Waals surface area contributed by atoms with Crippen LogP contribution >= 0.6 is 34.5 Å². The molecule has 1 heterocycles. The van der Waals surface area contributed by atoms with Gasteiger partial charge in [-0.05, 0) is 35.9 Å². The quantitative estimate of drug-likeness (QED) is 0.788. The molecule has 0 N–H and O–H groups in total. The van der Waals surface area contributed by atoms with E-state index in [1.54, 1.807) is 0 Å². The Morgan fingerprint density at radius 1 is 1.20 bits per heavy atom. The summed E-state index contributed by atoms with van der Waals surface area (Å²) in [4.78, 5) is 10.6. The smallest absolute Gasteiger partial charge is 0.348 e. The van der Waals surface area contributed by atoms with E-state index in [4.69, 9.17) is 27.4 Å². The van der Waals surface area contributed by atoms with E-state index in [0.717, 1.165) is 29.5 Å². The highest BCUT2D eigenvalue weighted by atomic mass is 35.5. The first-order valence-corrected chi connectivity index (χ1v) is 7.98. The van der Waals surface area contributed by atoms with Gasteiger partial charge in [0.2, 0.25) is 0 Å². The van der Waals surface area contributed by atoms with Gasteiger partial charge in [-0.3, -0.25) is 0 Å². The van der Waals surface area contributed by atoms with E-state index in [1.807, 2.05) is 0 Å². The topological polar surface area (TPSA) is 83.5 Å². The molecule has 2 aromatic rings. The molecule has 1 aromatic heterocycles. The fourth-order valence-corrected chi connectivity index (χ4v) is 3.94. The maximum absolute atomic E-state index is 11.9. The van der Waals surface area contributed by atoms with Gasteiger partial charge in [0.15, 0.2) is 9.96 Å². The number of rotatable bonds is 4. The molecule has 106 valence electrons. The number of hydrogen-bond acceptors (Lipinski definition) is 6. The molecule has 0 aliphatic rings. The lowest BCUT2D eigenvalue weighted by molar-refractivity contribution is -0.255. The molecule has 1 aromatic carbocycles. The highest BCUT2D eigenvalue weighted by Gasteiger charge is 2.20. The Hall–Kier alpha value is -1.28. The number of benzene rings is 1. The second-order valence-corrected chi connectivity index (χ2v) is 7.42. The van der Waals surface area contributed by atoms with Crippen LogP contribution in [0.4, 0.5) is 0 Å². The van der Waals surface area contributed by atoms with E-state index in [9.17, 15) is 18.3 Å². The standard InChI is InChI=1S/C11H6Cl2O5S2/c12-7-5-6(11(14)15)1-2-8(7)18-20(16,17)10-4-3-9(13)19-10/h1-5H,(H,14,15)/p-1. The van der Waals surface area contributed by atoms with Crippen molar-refractivity contribution in [2.75, 3.05) is 0 Å². The highest BCUT2D eigenvalue weighted by Crippen LogP contribution is 2.31. The highest BCUT2D eigenvalue weighted by molar-refractivity contribution is 7.89. The predicted octanol–water partition coefficient (Wildman–Crippen LogP) is 2.19. The zero-order chi connectivity index (χ0) is 14.9. The minimum absolute atomic E-state index is 0.0810. The molecule has 0 saturated heterocycles. The van der Waals surface area contributed by atoms with Gasteiger partial charge >= 0.3 is 10.1 Å². The third kappa shape index (κ3) is 3.24. The molecule has 0 bridgehead atoms. The molecule has 0 amide bonds. The van der Waals surface area contributed by atoms with Crippen molar-refractivity contribution < 1.29 is 22.5 Å². The molecule has 0 aliphatic carbocycles. The molecule has 0 saturated carbocycles. The van der Waals surface area contributed by atoms with Gasteiger partial charge in [0.25, 0.3) is 0 Å². The van der Waals surface area contributed by atoms with Crippen LogP contribution in [0, 0.1) is 0 Å². The third-order valence-electron chi connectivity index (χ3n) is 2.16. The van der Waals surface area contributed by atoms with Crippen LogP contribution in [-0.2, 0) is 10.1 Å². The van der Waals surface area contributed by atoms with Crippen molar-refractivity contribution in [2.24, 2.45) is 0 Å². The van der Waals surface area contributed by atoms with Crippen LogP contribution in [0.2, 0.25) is 9.36 Å². The van der Waals surface area contributed by atoms with E-state index < -0.39 is 16.1 Å². The largest absolute Gasteiger partial charge is 0.545 e. The van der Waals surface area contributed by atoms with Gasteiger partial charge in [0.1, 0.15) is 0 Å². The van der Waals surface area contributed by atoms with Crippen molar-refractivity contribution in [2.45, 2.75) is 4.21 Å². The molecule has 0 spiro atoms. The van der Waals surface area contributed by atoms with Gasteiger partial charge < -0.3 is 14.1 Å². The van der Waals surface area contributed by atoms with Crippen molar-refractivity contribution in [3.05, 3.63) is 45.3 Å². The first kappa shape index (κ1) is 15.1. The Kier molecular flexibility index (Phi) is 4.24. The summed E-state index contributed by atoms with van der Waals surface area (Å²) in [6.45, 7) is 0. The Morgan fingerprint density at radius 2 is 1.90 bits per heavy atom. The fraction of sp³-hybridized carbons (Fsp3) is 0. The van der Waals surface area contributed by atoms with E-state index >= 15 is 0 Å². The molecular weight excluding hydrogens is 347 g/mol. The summed E-state index contributed by atoms with van der Waals surface area (Å²) < 4.78 is 28.9. The predicted molar refractivity (Wildman–Crippen MR) is 72.9 cm³/mol. The summed E-state index contributed by atoms with van der Waals surface area (Å²) in [6.07, 6.45) is 0. The van der Waals surface area contributed by atoms with Gasteiger partial charge in [-0.1, -0.05) is 23.2 Å². The molecule has 20 heavy (non-hydrogen) atoms. The zero-order valence-corrected chi connectivity index (χ0v) is 12.6. The van der Waals surface area contributed by atoms with Gasteiger partial charge in [-0.2, -0.15) is 8.42 Å². The fourth-order valence-electron chi connectivity index (χ4n) is 1.29. The van der Waals surface area contributed by atoms with Crippen molar-refractivity contribution in [1.82, 2.24) is 0 Å². The van der Waals surface area contributed by atoms with E-state index in [2.05, 4.69) is 0 Å². The molecule has 5 nitrogen and oxygen atoms in total. The summed E-state index contributed by atoms with van der Waals surface area (Å²) >= 11 is 12.3. The van der Waals surface area contributed by atoms with Crippen molar-refractivity contribution in [1.29, 1.82) is 0 Å². The number of carboxylic acid groups (broad SMARTS) is 1. The minimum atomic E-state index is -4.06. The number of hydrogen-bond donors (Lipinski definition) is 0. The summed E-state index contributed by atoms with van der Waals surface area (Å²) in [5.41, 5.74) is -0.182. The van der Waals surface area contributed by atoms with Gasteiger partial charge in [-0.15, -0.1) is 11.3 Å². The first-order chi connectivity index (χ1) is 9.29. The van der Waals surface area contributed by atoms with Crippen molar-refractivity contribution >= 4 is 50.6 Å². The van der Waals surface area contributed by atoms with Crippen molar-refractivity contribution in [3.8, 4) is 5.75 Å². The second-order valence-electron chi connectivity index (χ2n) is 3.53. The lowest BCUT2D eigenvalue weighted by Gasteiger charge is -2.09. The van der Waals surface area contributed by atoms with E-state index in [0.29, 0.717) is 4.34 Å². The third-order valence-corrected chi connectivity index (χ3v) is 5.37. The summed E-state index contributed by atoms with van der Waals surface area (Å²) in [5, 5.41) is 10.5. The Bertz CT molecular complexity index is 767. The molecule has 9 heteroatoms. The number of halogens is 2. The lowest BCUT2D eigenvalue weighted by Crippen LogP contribution is -2.22. The molecule has 0 aliphatic heterocycles. The average Bonchev–Trinajstić information content (AvgIpc) is 2.79. The maximum Gasteiger partial charge on any atom is 0.348 e. The molecule has 0 unspecified atom stereocenters. The lowest BCUT2D eigenvalue weighted by atomic mass is 10.2. The van der Waals surface area contributed by atoms with Gasteiger partial charge in [-0.25, -0.2) is 0 Å². The molecule has 2 rings (SSSR count). The molecule has 0 atom stereocenters. The van der Waals surface area contributed by atoms with Crippen LogP contribution in [-0.4, -0.2) is 14.4 Å². The van der Waals surface area contributed by atoms with Gasteiger partial charge in [0, 0.05) is 0 Å². The number of aromatic carboxylic acids is 1. The van der Waals surface area contributed by atoms with Crippen LogP contribution in [0.5, 0.6) is 5.75 Å². The molecule has 0 radical (unpaired) electrons. The Labute approximate surface area is 128 Å². The van der Waals surface area contributed by atoms with E-state index in [1.165, 1.54) is 12.1 Å².